The molecule has 0 spiro atoms. The molecule has 1 heterocycles. The number of aryl methyl sites for hydroxylation is 2. The number of benzene rings is 1. The molecule has 0 aliphatic heterocycles. The van der Waals surface area contributed by atoms with E-state index in [1.807, 2.05) is 11.3 Å². The van der Waals surface area contributed by atoms with Crippen LogP contribution in [-0.4, -0.2) is 5.88 Å². The molecule has 1 aromatic carbocycles. The molecule has 0 nitrogen and oxygen atoms in total. The Kier molecular flexibility index (Phi) is 4.64. The Morgan fingerprint density at radius 2 is 2.12 bits per heavy atom. The minimum Gasteiger partial charge on any atom is -0.149 e. The summed E-state index contributed by atoms with van der Waals surface area (Å²) in [5.74, 6) is 1.17. The number of halogens is 1. The van der Waals surface area contributed by atoms with Gasteiger partial charge in [-0.15, -0.1) is 22.9 Å². The molecule has 2 rings (SSSR count). The normalized spacial score (nSPS) is 12.6. The predicted octanol–water partition coefficient (Wildman–Crippen LogP) is 5.01. The zero-order valence-electron chi connectivity index (χ0n) is 10.0. The summed E-state index contributed by atoms with van der Waals surface area (Å²) in [7, 11) is 0. The average Bonchev–Trinajstić information content (AvgIpc) is 2.83. The van der Waals surface area contributed by atoms with Crippen molar-refractivity contribution in [2.45, 2.75) is 25.7 Å². The molecule has 0 saturated heterocycles. The Bertz CT molecular complexity index is 448. The lowest BCUT2D eigenvalue weighted by atomic mass is 9.94. The highest BCUT2D eigenvalue weighted by Gasteiger charge is 2.10. The van der Waals surface area contributed by atoms with Crippen LogP contribution >= 0.6 is 22.9 Å². The average molecular weight is 265 g/mol. The second-order valence-corrected chi connectivity index (χ2v) is 5.72. The molecule has 0 aliphatic carbocycles. The Labute approximate surface area is 112 Å². The van der Waals surface area contributed by atoms with Crippen LogP contribution in [0.4, 0.5) is 0 Å². The molecule has 0 N–H and O–H groups in total. The molecule has 1 unspecified atom stereocenters. The van der Waals surface area contributed by atoms with E-state index in [2.05, 4.69) is 48.7 Å². The summed E-state index contributed by atoms with van der Waals surface area (Å²) < 4.78 is 0. The number of alkyl halides is 1. The van der Waals surface area contributed by atoms with Gasteiger partial charge < -0.3 is 0 Å². The highest BCUT2D eigenvalue weighted by Crippen LogP contribution is 2.25. The lowest BCUT2D eigenvalue weighted by Gasteiger charge is -2.14. The van der Waals surface area contributed by atoms with Crippen molar-refractivity contribution in [2.75, 3.05) is 5.88 Å². The van der Waals surface area contributed by atoms with Crippen LogP contribution in [0, 0.1) is 6.92 Å². The van der Waals surface area contributed by atoms with Gasteiger partial charge in [-0.1, -0.05) is 35.9 Å². The summed E-state index contributed by atoms with van der Waals surface area (Å²) >= 11 is 7.93. The molecule has 0 aliphatic rings. The number of hydrogen-bond donors (Lipinski definition) is 0. The molecular formula is C15H17ClS. The maximum absolute atomic E-state index is 6.10. The van der Waals surface area contributed by atoms with Crippen molar-refractivity contribution < 1.29 is 0 Å². The van der Waals surface area contributed by atoms with Crippen LogP contribution in [0.15, 0.2) is 41.8 Å². The van der Waals surface area contributed by atoms with Gasteiger partial charge >= 0.3 is 0 Å². The van der Waals surface area contributed by atoms with Crippen molar-refractivity contribution in [1.29, 1.82) is 0 Å². The molecule has 2 aromatic rings. The topological polar surface area (TPSA) is 0 Å². The van der Waals surface area contributed by atoms with E-state index in [1.54, 1.807) is 0 Å². The van der Waals surface area contributed by atoms with Crippen LogP contribution in [0.5, 0.6) is 0 Å². The summed E-state index contributed by atoms with van der Waals surface area (Å²) in [5.41, 5.74) is 2.69. The minimum absolute atomic E-state index is 0.471. The van der Waals surface area contributed by atoms with Crippen LogP contribution in [0.1, 0.15) is 28.3 Å². The highest BCUT2D eigenvalue weighted by atomic mass is 35.5. The van der Waals surface area contributed by atoms with Crippen molar-refractivity contribution in [1.82, 2.24) is 0 Å². The standard InChI is InChI=1S/C15H17ClS/c1-12-4-2-5-13(10-12)14(11-16)7-8-15-6-3-9-17-15/h2-6,9-10,14H,7-8,11H2,1H3. The summed E-state index contributed by atoms with van der Waals surface area (Å²) in [4.78, 5) is 1.45. The largest absolute Gasteiger partial charge is 0.149 e. The van der Waals surface area contributed by atoms with Gasteiger partial charge in [0.15, 0.2) is 0 Å². The first-order valence-corrected chi connectivity index (χ1v) is 7.36. The lowest BCUT2D eigenvalue weighted by Crippen LogP contribution is -2.02. The van der Waals surface area contributed by atoms with Crippen LogP contribution < -0.4 is 0 Å². The summed E-state index contributed by atoms with van der Waals surface area (Å²) in [6.45, 7) is 2.13. The smallest absolute Gasteiger partial charge is 0.0292 e. The lowest BCUT2D eigenvalue weighted by molar-refractivity contribution is 0.689. The summed E-state index contributed by atoms with van der Waals surface area (Å²) in [6, 6.07) is 13.0. The van der Waals surface area contributed by atoms with Crippen molar-refractivity contribution in [3.8, 4) is 0 Å². The van der Waals surface area contributed by atoms with Crippen molar-refractivity contribution in [2.24, 2.45) is 0 Å². The molecule has 90 valence electrons. The van der Waals surface area contributed by atoms with Gasteiger partial charge in [-0.3, -0.25) is 0 Å². The molecule has 2 heteroatoms. The van der Waals surface area contributed by atoms with Gasteiger partial charge in [-0.25, -0.2) is 0 Å². The monoisotopic (exact) mass is 264 g/mol. The van der Waals surface area contributed by atoms with Gasteiger partial charge in [-0.2, -0.15) is 0 Å². The van der Waals surface area contributed by atoms with Crippen LogP contribution in [0.3, 0.4) is 0 Å². The molecule has 0 bridgehead atoms. The quantitative estimate of drug-likeness (QED) is 0.666. The molecule has 0 radical (unpaired) electrons. The van der Waals surface area contributed by atoms with E-state index in [0.29, 0.717) is 11.8 Å². The third-order valence-corrected chi connectivity index (χ3v) is 4.33. The Balaban J connectivity index is 2.01. The second kappa shape index (κ2) is 6.23. The first-order valence-electron chi connectivity index (χ1n) is 5.94. The van der Waals surface area contributed by atoms with E-state index < -0.39 is 0 Å². The van der Waals surface area contributed by atoms with Crippen LogP contribution in [-0.2, 0) is 6.42 Å². The van der Waals surface area contributed by atoms with Crippen LogP contribution in [0.25, 0.3) is 0 Å². The van der Waals surface area contributed by atoms with Gasteiger partial charge in [0.2, 0.25) is 0 Å². The van der Waals surface area contributed by atoms with Crippen molar-refractivity contribution in [3.63, 3.8) is 0 Å². The first kappa shape index (κ1) is 12.7. The van der Waals surface area contributed by atoms with Crippen LogP contribution in [0.2, 0.25) is 0 Å². The fourth-order valence-electron chi connectivity index (χ4n) is 2.03. The molecule has 0 amide bonds. The zero-order chi connectivity index (χ0) is 12.1. The number of thiophene rings is 1. The van der Waals surface area contributed by atoms with Crippen molar-refractivity contribution in [3.05, 3.63) is 57.8 Å². The fraction of sp³-hybridized carbons (Fsp3) is 0.333. The van der Waals surface area contributed by atoms with E-state index in [4.69, 9.17) is 11.6 Å². The number of rotatable bonds is 5. The van der Waals surface area contributed by atoms with Gasteiger partial charge in [0.1, 0.15) is 0 Å². The maximum atomic E-state index is 6.10. The Hall–Kier alpha value is -0.790. The van der Waals surface area contributed by atoms with E-state index in [1.165, 1.54) is 16.0 Å². The summed E-state index contributed by atoms with van der Waals surface area (Å²) in [6.07, 6.45) is 2.26. The van der Waals surface area contributed by atoms with Crippen molar-refractivity contribution >= 4 is 22.9 Å². The Morgan fingerprint density at radius 1 is 1.24 bits per heavy atom. The third kappa shape index (κ3) is 3.58. The second-order valence-electron chi connectivity index (χ2n) is 4.38. The Morgan fingerprint density at radius 3 is 2.76 bits per heavy atom. The molecule has 0 fully saturated rings. The summed E-state index contributed by atoms with van der Waals surface area (Å²) in [5, 5.41) is 2.14. The SMILES string of the molecule is Cc1cccc(C(CCl)CCc2cccs2)c1. The fourth-order valence-corrected chi connectivity index (χ4v) is 3.09. The minimum atomic E-state index is 0.471. The molecular weight excluding hydrogens is 248 g/mol. The third-order valence-electron chi connectivity index (χ3n) is 3.02. The molecule has 0 saturated carbocycles. The maximum Gasteiger partial charge on any atom is 0.0292 e. The zero-order valence-corrected chi connectivity index (χ0v) is 11.6. The molecule has 17 heavy (non-hydrogen) atoms. The van der Waals surface area contributed by atoms with E-state index in [-0.39, 0.29) is 0 Å². The van der Waals surface area contributed by atoms with E-state index in [9.17, 15) is 0 Å². The van der Waals surface area contributed by atoms with E-state index >= 15 is 0 Å². The van der Waals surface area contributed by atoms with E-state index in [0.717, 1.165) is 12.8 Å². The van der Waals surface area contributed by atoms with Gasteiger partial charge in [0, 0.05) is 10.8 Å². The first-order chi connectivity index (χ1) is 8.29. The van der Waals surface area contributed by atoms with Gasteiger partial charge in [-0.05, 0) is 42.7 Å². The molecule has 1 aromatic heterocycles. The predicted molar refractivity (Wildman–Crippen MR) is 77.3 cm³/mol. The number of hydrogen-bond acceptors (Lipinski definition) is 1. The highest BCUT2D eigenvalue weighted by molar-refractivity contribution is 7.09. The van der Waals surface area contributed by atoms with Gasteiger partial charge in [0.05, 0.1) is 0 Å². The van der Waals surface area contributed by atoms with Gasteiger partial charge in [0.25, 0.3) is 0 Å². The molecule has 1 atom stereocenters.